The van der Waals surface area contributed by atoms with Gasteiger partial charge in [-0.3, -0.25) is 4.79 Å². The van der Waals surface area contributed by atoms with E-state index in [-0.39, 0.29) is 5.91 Å². The number of carbonyl (C=O) groups is 1. The molecule has 92 valence electrons. The lowest BCUT2D eigenvalue weighted by molar-refractivity contribution is -0.133. The Morgan fingerprint density at radius 1 is 1.59 bits per heavy atom. The fraction of sp³-hybridized carbons (Fsp3) is 0.500. The molecule has 0 aliphatic carbocycles. The summed E-state index contributed by atoms with van der Waals surface area (Å²) in [5.74, 6) is -0.00203. The Hall–Kier alpha value is -1.20. The number of thiophene rings is 1. The first-order chi connectivity index (χ1) is 8.20. The van der Waals surface area contributed by atoms with Crippen molar-refractivity contribution in [3.05, 3.63) is 22.4 Å². The summed E-state index contributed by atoms with van der Waals surface area (Å²) in [5, 5.41) is 17.3. The second-order valence-electron chi connectivity index (χ2n) is 4.06. The number of carbonyl (C=O) groups excluding carboxylic acids is 1. The van der Waals surface area contributed by atoms with Crippen molar-refractivity contribution in [3.8, 4) is 0 Å². The fourth-order valence-electron chi connectivity index (χ4n) is 1.69. The van der Waals surface area contributed by atoms with Crippen LogP contribution in [0.5, 0.6) is 0 Å². The molecule has 5 heteroatoms. The van der Waals surface area contributed by atoms with Crippen LogP contribution >= 0.6 is 11.3 Å². The molecule has 1 aromatic heterocycles. The molecule has 0 aromatic carbocycles. The van der Waals surface area contributed by atoms with Gasteiger partial charge in [0, 0.05) is 12.8 Å². The van der Waals surface area contributed by atoms with Gasteiger partial charge in [0.2, 0.25) is 5.91 Å². The number of hydrazone groups is 1. The van der Waals surface area contributed by atoms with Crippen LogP contribution in [0.2, 0.25) is 0 Å². The van der Waals surface area contributed by atoms with Gasteiger partial charge in [0.15, 0.2) is 0 Å². The van der Waals surface area contributed by atoms with E-state index in [4.69, 9.17) is 0 Å². The molecular formula is C12H16N2O2S. The first-order valence-electron chi connectivity index (χ1n) is 5.80. The number of aliphatic hydroxyl groups excluding tert-OH is 1. The van der Waals surface area contributed by atoms with Gasteiger partial charge >= 0.3 is 0 Å². The predicted molar refractivity (Wildman–Crippen MR) is 68.1 cm³/mol. The van der Waals surface area contributed by atoms with E-state index in [1.54, 1.807) is 11.3 Å². The topological polar surface area (TPSA) is 52.9 Å². The summed E-state index contributed by atoms with van der Waals surface area (Å²) in [4.78, 5) is 12.8. The maximum Gasteiger partial charge on any atom is 0.243 e. The molecule has 1 atom stereocenters. The van der Waals surface area contributed by atoms with E-state index in [2.05, 4.69) is 5.10 Å². The first-order valence-corrected chi connectivity index (χ1v) is 6.68. The second kappa shape index (κ2) is 5.42. The van der Waals surface area contributed by atoms with Gasteiger partial charge in [-0.2, -0.15) is 5.10 Å². The van der Waals surface area contributed by atoms with Gasteiger partial charge in [-0.05, 0) is 17.9 Å². The van der Waals surface area contributed by atoms with Gasteiger partial charge in [0.1, 0.15) is 0 Å². The van der Waals surface area contributed by atoms with Crippen molar-refractivity contribution in [2.24, 2.45) is 5.10 Å². The van der Waals surface area contributed by atoms with Gasteiger partial charge < -0.3 is 5.11 Å². The summed E-state index contributed by atoms with van der Waals surface area (Å²) in [5.41, 5.74) is 0.947. The van der Waals surface area contributed by atoms with E-state index in [0.29, 0.717) is 25.8 Å². The fourth-order valence-corrected chi connectivity index (χ4v) is 2.43. The first kappa shape index (κ1) is 12.3. The number of hydrogen-bond acceptors (Lipinski definition) is 4. The molecular weight excluding hydrogens is 236 g/mol. The molecule has 0 bridgehead atoms. The average molecular weight is 252 g/mol. The molecule has 4 nitrogen and oxygen atoms in total. The Labute approximate surface area is 105 Å². The third-order valence-corrected chi connectivity index (χ3v) is 3.68. The van der Waals surface area contributed by atoms with Crippen LogP contribution in [0.3, 0.4) is 0 Å². The van der Waals surface area contributed by atoms with Crippen molar-refractivity contribution >= 4 is 23.0 Å². The summed E-state index contributed by atoms with van der Waals surface area (Å²) in [7, 11) is 0. The average Bonchev–Trinajstić information content (AvgIpc) is 2.85. The van der Waals surface area contributed by atoms with Gasteiger partial charge in [0.25, 0.3) is 0 Å². The zero-order chi connectivity index (χ0) is 12.3. The Bertz CT molecular complexity index is 414. The molecule has 1 aliphatic rings. The molecule has 1 aliphatic heterocycles. The van der Waals surface area contributed by atoms with Crippen molar-refractivity contribution in [3.63, 3.8) is 0 Å². The molecule has 0 saturated carbocycles. The number of rotatable bonds is 4. The smallest absolute Gasteiger partial charge is 0.243 e. The van der Waals surface area contributed by atoms with Crippen LogP contribution in [0.4, 0.5) is 0 Å². The highest BCUT2D eigenvalue weighted by Gasteiger charge is 2.23. The molecule has 17 heavy (non-hydrogen) atoms. The lowest BCUT2D eigenvalue weighted by Gasteiger charge is -2.24. The number of amides is 1. The number of β-amino-alcohol motifs (C(OH)–C–C–N with tert-alkyl or cyclic N) is 1. The van der Waals surface area contributed by atoms with E-state index < -0.39 is 6.10 Å². The minimum absolute atomic E-state index is 0.00203. The summed E-state index contributed by atoms with van der Waals surface area (Å²) in [6.07, 6.45) is 1.31. The zero-order valence-electron chi connectivity index (χ0n) is 9.80. The maximum absolute atomic E-state index is 11.7. The van der Waals surface area contributed by atoms with Gasteiger partial charge in [-0.15, -0.1) is 11.3 Å². The Morgan fingerprint density at radius 2 is 2.41 bits per heavy atom. The van der Waals surface area contributed by atoms with E-state index in [9.17, 15) is 9.90 Å². The minimum atomic E-state index is -0.495. The molecule has 0 spiro atoms. The van der Waals surface area contributed by atoms with Crippen LogP contribution in [-0.4, -0.2) is 34.4 Å². The molecule has 1 N–H and O–H groups in total. The zero-order valence-corrected chi connectivity index (χ0v) is 10.6. The molecule has 2 heterocycles. The highest BCUT2D eigenvalue weighted by atomic mass is 32.1. The highest BCUT2D eigenvalue weighted by molar-refractivity contribution is 7.12. The number of nitrogens with zero attached hydrogens (tertiary/aromatic N) is 2. The number of hydrogen-bond donors (Lipinski definition) is 1. The van der Waals surface area contributed by atoms with Gasteiger partial charge in [0.05, 0.1) is 23.2 Å². The predicted octanol–water partition coefficient (Wildman–Crippen LogP) is 1.85. The second-order valence-corrected chi connectivity index (χ2v) is 5.01. The van der Waals surface area contributed by atoms with Gasteiger partial charge in [-0.25, -0.2) is 5.01 Å². The van der Waals surface area contributed by atoms with E-state index in [0.717, 1.165) is 10.6 Å². The van der Waals surface area contributed by atoms with E-state index >= 15 is 0 Å². The lowest BCUT2D eigenvalue weighted by Crippen LogP contribution is -2.37. The molecule has 2 rings (SSSR count). The van der Waals surface area contributed by atoms with Crippen LogP contribution in [0.25, 0.3) is 0 Å². The highest BCUT2D eigenvalue weighted by Crippen LogP contribution is 2.19. The molecule has 0 fully saturated rings. The standard InChI is InChI=1S/C12H16N2O2S/c1-2-9(15)8-14-12(16)6-5-10(13-14)11-4-3-7-17-11/h3-4,7,9,15H,2,5-6,8H2,1H3. The van der Waals surface area contributed by atoms with Crippen molar-refractivity contribution in [1.29, 1.82) is 0 Å². The summed E-state index contributed by atoms with van der Waals surface area (Å²) >= 11 is 1.63. The van der Waals surface area contributed by atoms with Crippen molar-refractivity contribution in [2.75, 3.05) is 6.54 Å². The third-order valence-electron chi connectivity index (χ3n) is 2.77. The van der Waals surface area contributed by atoms with Crippen LogP contribution < -0.4 is 0 Å². The molecule has 1 aromatic rings. The monoisotopic (exact) mass is 252 g/mol. The third kappa shape index (κ3) is 2.92. The summed E-state index contributed by atoms with van der Waals surface area (Å²) in [6, 6.07) is 3.98. The lowest BCUT2D eigenvalue weighted by atomic mass is 10.1. The van der Waals surface area contributed by atoms with E-state index in [1.807, 2.05) is 24.4 Å². The molecule has 0 radical (unpaired) electrons. The summed E-state index contributed by atoms with van der Waals surface area (Å²) in [6.45, 7) is 2.19. The van der Waals surface area contributed by atoms with Crippen LogP contribution in [0.15, 0.2) is 22.6 Å². The van der Waals surface area contributed by atoms with Crippen molar-refractivity contribution in [2.45, 2.75) is 32.3 Å². The molecule has 1 unspecified atom stereocenters. The number of aliphatic hydroxyl groups is 1. The quantitative estimate of drug-likeness (QED) is 0.889. The van der Waals surface area contributed by atoms with Crippen LogP contribution in [0, 0.1) is 0 Å². The maximum atomic E-state index is 11.7. The normalized spacial score (nSPS) is 18.1. The van der Waals surface area contributed by atoms with Crippen molar-refractivity contribution < 1.29 is 9.90 Å². The van der Waals surface area contributed by atoms with Gasteiger partial charge in [-0.1, -0.05) is 13.0 Å². The minimum Gasteiger partial charge on any atom is -0.391 e. The molecule has 0 saturated heterocycles. The SMILES string of the molecule is CCC(O)CN1N=C(c2cccs2)CCC1=O. The Kier molecular flexibility index (Phi) is 3.91. The Balaban J connectivity index is 2.14. The van der Waals surface area contributed by atoms with Crippen molar-refractivity contribution in [1.82, 2.24) is 5.01 Å². The van der Waals surface area contributed by atoms with Crippen LogP contribution in [0.1, 0.15) is 31.1 Å². The van der Waals surface area contributed by atoms with E-state index in [1.165, 1.54) is 5.01 Å². The van der Waals surface area contributed by atoms with Crippen LogP contribution in [-0.2, 0) is 4.79 Å². The largest absolute Gasteiger partial charge is 0.391 e. The Morgan fingerprint density at radius 3 is 3.06 bits per heavy atom. The molecule has 1 amide bonds. The summed E-state index contributed by atoms with van der Waals surface area (Å²) < 4.78 is 0.